The molecule has 0 aliphatic carbocycles. The Morgan fingerprint density at radius 3 is 1.95 bits per heavy atom. The minimum Gasteiger partial charge on any atom is -0.465 e. The molecule has 0 saturated carbocycles. The fourth-order valence-electron chi connectivity index (χ4n) is 2.37. The molecule has 2 N–H and O–H groups in total. The first-order chi connectivity index (χ1) is 9.66. The average molecular weight is 269 g/mol. The predicted molar refractivity (Wildman–Crippen MR) is 71.0 cm³/mol. The number of hydrogen-bond donors (Lipinski definition) is 2. The number of benzene rings is 2. The Labute approximate surface area is 114 Å². The standard InChI is InChI=1S/C15H11NO4/c17-14(16-15(18)19)13-9-5-1-3-7-11(9)20-12-8-4-2-6-10(12)13/h1-8,13H,(H,16,17)(H,18,19). The van der Waals surface area contributed by atoms with Crippen LogP contribution in [0.25, 0.3) is 0 Å². The minimum absolute atomic E-state index is 0.566. The third-order valence-electron chi connectivity index (χ3n) is 3.17. The van der Waals surface area contributed by atoms with Crippen molar-refractivity contribution in [2.75, 3.05) is 0 Å². The van der Waals surface area contributed by atoms with E-state index in [0.29, 0.717) is 22.6 Å². The highest BCUT2D eigenvalue weighted by molar-refractivity contribution is 5.98. The number of carbonyl (C=O) groups is 2. The molecule has 0 unspecified atom stereocenters. The van der Waals surface area contributed by atoms with Crippen LogP contribution in [0.15, 0.2) is 48.5 Å². The summed E-state index contributed by atoms with van der Waals surface area (Å²) in [5, 5.41) is 10.7. The van der Waals surface area contributed by atoms with Crippen molar-refractivity contribution in [3.63, 3.8) is 0 Å². The average Bonchev–Trinajstić information content (AvgIpc) is 2.43. The summed E-state index contributed by atoms with van der Waals surface area (Å²) < 4.78 is 5.74. The summed E-state index contributed by atoms with van der Waals surface area (Å²) >= 11 is 0. The Bertz CT molecular complexity index is 650. The molecule has 2 aromatic carbocycles. The summed E-state index contributed by atoms with van der Waals surface area (Å²) in [6, 6.07) is 14.2. The van der Waals surface area contributed by atoms with Crippen LogP contribution >= 0.6 is 0 Å². The molecule has 0 aromatic heterocycles. The Morgan fingerprint density at radius 2 is 1.45 bits per heavy atom. The number of amides is 2. The Morgan fingerprint density at radius 1 is 0.950 bits per heavy atom. The predicted octanol–water partition coefficient (Wildman–Crippen LogP) is 2.72. The van der Waals surface area contributed by atoms with Crippen LogP contribution in [0.3, 0.4) is 0 Å². The van der Waals surface area contributed by atoms with Gasteiger partial charge in [0.15, 0.2) is 0 Å². The molecule has 1 heterocycles. The van der Waals surface area contributed by atoms with E-state index in [9.17, 15) is 9.59 Å². The molecule has 0 spiro atoms. The number of hydrogen-bond acceptors (Lipinski definition) is 3. The van der Waals surface area contributed by atoms with E-state index in [0.717, 1.165) is 0 Å². The SMILES string of the molecule is O=C(O)NC(=O)C1c2ccccc2Oc2ccccc21. The number of nitrogens with one attached hydrogen (secondary N) is 1. The van der Waals surface area contributed by atoms with Gasteiger partial charge in [-0.15, -0.1) is 0 Å². The van der Waals surface area contributed by atoms with Crippen molar-refractivity contribution in [2.45, 2.75) is 5.92 Å². The summed E-state index contributed by atoms with van der Waals surface area (Å²) in [5.74, 6) is -0.138. The van der Waals surface area contributed by atoms with E-state index in [2.05, 4.69) is 0 Å². The first-order valence-corrected chi connectivity index (χ1v) is 6.06. The van der Waals surface area contributed by atoms with Crippen LogP contribution in [0.1, 0.15) is 17.0 Å². The smallest absolute Gasteiger partial charge is 0.411 e. The highest BCUT2D eigenvalue weighted by Crippen LogP contribution is 2.43. The monoisotopic (exact) mass is 269 g/mol. The zero-order chi connectivity index (χ0) is 14.1. The van der Waals surface area contributed by atoms with Gasteiger partial charge >= 0.3 is 6.09 Å². The first kappa shape index (κ1) is 12.2. The summed E-state index contributed by atoms with van der Waals surface area (Å²) in [6.45, 7) is 0. The van der Waals surface area contributed by atoms with Crippen molar-refractivity contribution >= 4 is 12.0 Å². The first-order valence-electron chi connectivity index (χ1n) is 6.06. The molecule has 0 bridgehead atoms. The van der Waals surface area contributed by atoms with Gasteiger partial charge in [-0.2, -0.15) is 0 Å². The van der Waals surface area contributed by atoms with Crippen molar-refractivity contribution in [2.24, 2.45) is 0 Å². The van der Waals surface area contributed by atoms with Gasteiger partial charge in [0.2, 0.25) is 5.91 Å². The quantitative estimate of drug-likeness (QED) is 0.834. The number of para-hydroxylation sites is 2. The van der Waals surface area contributed by atoms with Gasteiger partial charge in [-0.1, -0.05) is 36.4 Å². The molecule has 0 atom stereocenters. The number of ether oxygens (including phenoxy) is 1. The Balaban J connectivity index is 2.12. The largest absolute Gasteiger partial charge is 0.465 e. The van der Waals surface area contributed by atoms with Gasteiger partial charge in [-0.05, 0) is 12.1 Å². The van der Waals surface area contributed by atoms with Gasteiger partial charge in [-0.25, -0.2) is 4.79 Å². The van der Waals surface area contributed by atoms with Crippen molar-refractivity contribution in [3.8, 4) is 11.5 Å². The highest BCUT2D eigenvalue weighted by atomic mass is 16.5. The lowest BCUT2D eigenvalue weighted by Crippen LogP contribution is -2.35. The molecule has 1 aliphatic heterocycles. The van der Waals surface area contributed by atoms with E-state index >= 15 is 0 Å². The van der Waals surface area contributed by atoms with Crippen molar-refractivity contribution in [3.05, 3.63) is 59.7 Å². The van der Waals surface area contributed by atoms with Gasteiger partial charge in [0.05, 0.1) is 5.92 Å². The van der Waals surface area contributed by atoms with Crippen molar-refractivity contribution in [1.82, 2.24) is 5.32 Å². The number of rotatable bonds is 1. The minimum atomic E-state index is -1.36. The summed E-state index contributed by atoms with van der Waals surface area (Å²) in [6.07, 6.45) is -1.36. The fraction of sp³-hybridized carbons (Fsp3) is 0.0667. The maximum Gasteiger partial charge on any atom is 0.411 e. The second kappa shape index (κ2) is 4.70. The van der Waals surface area contributed by atoms with Crippen LogP contribution in [0, 0.1) is 0 Å². The highest BCUT2D eigenvalue weighted by Gasteiger charge is 2.32. The molecule has 5 heteroatoms. The van der Waals surface area contributed by atoms with E-state index in [4.69, 9.17) is 9.84 Å². The number of carboxylic acid groups (broad SMARTS) is 1. The Hall–Kier alpha value is -2.82. The zero-order valence-corrected chi connectivity index (χ0v) is 10.4. The molecule has 5 nitrogen and oxygen atoms in total. The van der Waals surface area contributed by atoms with E-state index in [1.807, 2.05) is 5.32 Å². The van der Waals surface area contributed by atoms with Gasteiger partial charge in [0.25, 0.3) is 0 Å². The number of carbonyl (C=O) groups excluding carboxylic acids is 1. The van der Waals surface area contributed by atoms with Crippen LogP contribution in [0.5, 0.6) is 11.5 Å². The van der Waals surface area contributed by atoms with Crippen molar-refractivity contribution < 1.29 is 19.4 Å². The van der Waals surface area contributed by atoms with Crippen LogP contribution < -0.4 is 10.1 Å². The van der Waals surface area contributed by atoms with Crippen LogP contribution in [-0.2, 0) is 4.79 Å². The van der Waals surface area contributed by atoms with E-state index in [1.165, 1.54) is 0 Å². The second-order valence-corrected chi connectivity index (χ2v) is 4.41. The van der Waals surface area contributed by atoms with Gasteiger partial charge in [-0.3, -0.25) is 10.1 Å². The third-order valence-corrected chi connectivity index (χ3v) is 3.17. The summed E-state index contributed by atoms with van der Waals surface area (Å²) in [7, 11) is 0. The van der Waals surface area contributed by atoms with Crippen LogP contribution in [-0.4, -0.2) is 17.1 Å². The van der Waals surface area contributed by atoms with E-state index in [1.54, 1.807) is 48.5 Å². The lowest BCUT2D eigenvalue weighted by atomic mass is 9.87. The van der Waals surface area contributed by atoms with Gasteiger partial charge < -0.3 is 9.84 Å². The fourth-order valence-corrected chi connectivity index (χ4v) is 2.37. The third kappa shape index (κ3) is 1.99. The van der Waals surface area contributed by atoms with E-state index in [-0.39, 0.29) is 0 Å². The maximum absolute atomic E-state index is 12.2. The van der Waals surface area contributed by atoms with E-state index < -0.39 is 17.9 Å². The Kier molecular flexibility index (Phi) is 2.87. The molecule has 3 rings (SSSR count). The normalized spacial score (nSPS) is 12.8. The molecule has 20 heavy (non-hydrogen) atoms. The molecule has 0 radical (unpaired) electrons. The van der Waals surface area contributed by atoms with Crippen molar-refractivity contribution in [1.29, 1.82) is 0 Å². The molecule has 2 aromatic rings. The van der Waals surface area contributed by atoms with Gasteiger partial charge in [0.1, 0.15) is 11.5 Å². The molecular formula is C15H11NO4. The second-order valence-electron chi connectivity index (χ2n) is 4.41. The topological polar surface area (TPSA) is 75.6 Å². The number of fused-ring (bicyclic) bond motifs is 2. The molecule has 0 saturated heterocycles. The lowest BCUT2D eigenvalue weighted by Gasteiger charge is -2.26. The van der Waals surface area contributed by atoms with Crippen LogP contribution in [0.2, 0.25) is 0 Å². The summed E-state index contributed by atoms with van der Waals surface area (Å²) in [5.41, 5.74) is 1.31. The van der Waals surface area contributed by atoms with Gasteiger partial charge in [0, 0.05) is 11.1 Å². The molecule has 0 fully saturated rings. The molecular weight excluding hydrogens is 258 g/mol. The number of imide groups is 1. The lowest BCUT2D eigenvalue weighted by molar-refractivity contribution is -0.121. The zero-order valence-electron chi connectivity index (χ0n) is 10.4. The molecule has 100 valence electrons. The molecule has 2 amide bonds. The van der Waals surface area contributed by atoms with Crippen LogP contribution in [0.4, 0.5) is 4.79 Å². The summed E-state index contributed by atoms with van der Waals surface area (Å²) in [4.78, 5) is 22.9. The molecule has 1 aliphatic rings. The maximum atomic E-state index is 12.2.